The van der Waals surface area contributed by atoms with Crippen molar-refractivity contribution in [2.24, 2.45) is 0 Å². The molecule has 0 aliphatic rings. The molecular weight excluding hydrogens is 320 g/mol. The van der Waals surface area contributed by atoms with Gasteiger partial charge in [-0.1, -0.05) is 60.7 Å². The number of benzene rings is 2. The van der Waals surface area contributed by atoms with Crippen molar-refractivity contribution in [3.05, 3.63) is 71.8 Å². The number of amides is 1. The van der Waals surface area contributed by atoms with Crippen LogP contribution in [0.2, 0.25) is 0 Å². The minimum Gasteiger partial charge on any atom is -0.336 e. The molecule has 0 aliphatic heterocycles. The van der Waals surface area contributed by atoms with Crippen LogP contribution < -0.4 is 0 Å². The fourth-order valence-electron chi connectivity index (χ4n) is 3.06. The fourth-order valence-corrected chi connectivity index (χ4v) is 3.06. The predicted molar refractivity (Wildman–Crippen MR) is 109 cm³/mol. The smallest absolute Gasteiger partial charge is 0.224 e. The lowest BCUT2D eigenvalue weighted by molar-refractivity contribution is -0.134. The highest BCUT2D eigenvalue weighted by Gasteiger charge is 2.19. The Kier molecular flexibility index (Phi) is 7.86. The average molecular weight is 353 g/mol. The summed E-state index contributed by atoms with van der Waals surface area (Å²) in [7, 11) is 0. The van der Waals surface area contributed by atoms with E-state index in [0.29, 0.717) is 19.0 Å². The molecule has 0 aliphatic carbocycles. The van der Waals surface area contributed by atoms with Gasteiger partial charge in [0.1, 0.15) is 0 Å². The highest BCUT2D eigenvalue weighted by Crippen LogP contribution is 2.13. The van der Waals surface area contributed by atoms with Gasteiger partial charge in [0.25, 0.3) is 0 Å². The summed E-state index contributed by atoms with van der Waals surface area (Å²) < 4.78 is 0. The second-order valence-electron chi connectivity index (χ2n) is 7.40. The molecule has 26 heavy (non-hydrogen) atoms. The van der Waals surface area contributed by atoms with Crippen LogP contribution in [-0.2, 0) is 17.9 Å². The third kappa shape index (κ3) is 6.30. The maximum absolute atomic E-state index is 12.9. The molecule has 2 aromatic rings. The Morgan fingerprint density at radius 2 is 1.27 bits per heavy atom. The Balaban J connectivity index is 1.96. The van der Waals surface area contributed by atoms with Gasteiger partial charge in [0.05, 0.1) is 0 Å². The molecule has 3 nitrogen and oxygen atoms in total. The van der Waals surface area contributed by atoms with Crippen LogP contribution in [0, 0.1) is 0 Å². The van der Waals surface area contributed by atoms with Gasteiger partial charge in [-0.2, -0.15) is 0 Å². The lowest BCUT2D eigenvalue weighted by Crippen LogP contribution is -2.39. The first-order chi connectivity index (χ1) is 12.5. The molecule has 140 valence electrons. The van der Waals surface area contributed by atoms with Crippen molar-refractivity contribution in [1.29, 1.82) is 0 Å². The third-order valence-electron chi connectivity index (χ3n) is 4.71. The Labute approximate surface area is 158 Å². The number of rotatable bonds is 9. The van der Waals surface area contributed by atoms with Crippen LogP contribution in [0.15, 0.2) is 60.7 Å². The topological polar surface area (TPSA) is 23.6 Å². The van der Waals surface area contributed by atoms with Crippen LogP contribution in [0.25, 0.3) is 0 Å². The summed E-state index contributed by atoms with van der Waals surface area (Å²) >= 11 is 0. The monoisotopic (exact) mass is 352 g/mol. The van der Waals surface area contributed by atoms with Crippen molar-refractivity contribution < 1.29 is 4.79 Å². The van der Waals surface area contributed by atoms with Gasteiger partial charge >= 0.3 is 0 Å². The molecule has 0 atom stereocenters. The zero-order chi connectivity index (χ0) is 18.9. The SMILES string of the molecule is CC(C)N(CCC(=O)N(Cc1ccccc1)C(C)C)Cc1ccccc1. The lowest BCUT2D eigenvalue weighted by atomic mass is 10.1. The molecule has 0 bridgehead atoms. The van der Waals surface area contributed by atoms with Gasteiger partial charge in [-0.05, 0) is 38.8 Å². The molecule has 0 radical (unpaired) electrons. The Bertz CT molecular complexity index is 652. The summed E-state index contributed by atoms with van der Waals surface area (Å²) in [6, 6.07) is 21.3. The summed E-state index contributed by atoms with van der Waals surface area (Å²) in [5.41, 5.74) is 2.47. The van der Waals surface area contributed by atoms with Crippen LogP contribution in [0.5, 0.6) is 0 Å². The number of carbonyl (C=O) groups excluding carboxylic acids is 1. The highest BCUT2D eigenvalue weighted by molar-refractivity contribution is 5.76. The van der Waals surface area contributed by atoms with Gasteiger partial charge in [0.2, 0.25) is 5.91 Å². The van der Waals surface area contributed by atoms with E-state index in [9.17, 15) is 4.79 Å². The fraction of sp³-hybridized carbons (Fsp3) is 0.435. The number of hydrogen-bond donors (Lipinski definition) is 0. The molecule has 0 N–H and O–H groups in total. The zero-order valence-electron chi connectivity index (χ0n) is 16.6. The van der Waals surface area contributed by atoms with Crippen LogP contribution in [-0.4, -0.2) is 34.3 Å². The normalized spacial score (nSPS) is 11.3. The number of hydrogen-bond acceptors (Lipinski definition) is 2. The minimum absolute atomic E-state index is 0.198. The summed E-state index contributed by atoms with van der Waals surface area (Å²) in [5.74, 6) is 0.225. The van der Waals surface area contributed by atoms with Gasteiger partial charge < -0.3 is 4.90 Å². The first-order valence-corrected chi connectivity index (χ1v) is 9.58. The van der Waals surface area contributed by atoms with E-state index in [2.05, 4.69) is 69.0 Å². The van der Waals surface area contributed by atoms with Gasteiger partial charge in [-0.25, -0.2) is 0 Å². The quantitative estimate of drug-likeness (QED) is 0.652. The molecule has 2 rings (SSSR count). The Hall–Kier alpha value is -2.13. The Morgan fingerprint density at radius 3 is 1.73 bits per heavy atom. The van der Waals surface area contributed by atoms with Crippen molar-refractivity contribution in [3.63, 3.8) is 0 Å². The summed E-state index contributed by atoms with van der Waals surface area (Å²) in [5, 5.41) is 0. The molecule has 0 saturated carbocycles. The largest absolute Gasteiger partial charge is 0.336 e. The molecule has 1 amide bonds. The number of carbonyl (C=O) groups is 1. The minimum atomic E-state index is 0.198. The van der Waals surface area contributed by atoms with E-state index in [1.54, 1.807) is 0 Å². The van der Waals surface area contributed by atoms with Crippen molar-refractivity contribution in [2.45, 2.75) is 59.3 Å². The van der Waals surface area contributed by atoms with E-state index in [4.69, 9.17) is 0 Å². The lowest BCUT2D eigenvalue weighted by Gasteiger charge is -2.30. The molecule has 0 heterocycles. The van der Waals surface area contributed by atoms with E-state index < -0.39 is 0 Å². The molecule has 0 spiro atoms. The van der Waals surface area contributed by atoms with Crippen molar-refractivity contribution in [2.75, 3.05) is 6.54 Å². The predicted octanol–water partition coefficient (Wildman–Crippen LogP) is 4.72. The number of nitrogens with zero attached hydrogens (tertiary/aromatic N) is 2. The standard InChI is InChI=1S/C23H32N2O/c1-19(2)24(17-21-11-7-5-8-12-21)16-15-23(26)25(20(3)4)18-22-13-9-6-10-14-22/h5-14,19-20H,15-18H2,1-4H3. The van der Waals surface area contributed by atoms with E-state index in [1.165, 1.54) is 11.1 Å². The van der Waals surface area contributed by atoms with Crippen LogP contribution in [0.3, 0.4) is 0 Å². The average Bonchev–Trinajstić information content (AvgIpc) is 2.64. The Morgan fingerprint density at radius 1 is 0.769 bits per heavy atom. The van der Waals surface area contributed by atoms with Crippen LogP contribution in [0.4, 0.5) is 0 Å². The third-order valence-corrected chi connectivity index (χ3v) is 4.71. The molecule has 0 unspecified atom stereocenters. The second-order valence-corrected chi connectivity index (χ2v) is 7.40. The molecule has 0 aromatic heterocycles. The summed E-state index contributed by atoms with van der Waals surface area (Å²) in [6.45, 7) is 10.9. The van der Waals surface area contributed by atoms with Crippen molar-refractivity contribution in [3.8, 4) is 0 Å². The maximum atomic E-state index is 12.9. The van der Waals surface area contributed by atoms with Gasteiger partial charge in [0, 0.05) is 38.1 Å². The van der Waals surface area contributed by atoms with Gasteiger partial charge in [0.15, 0.2) is 0 Å². The first-order valence-electron chi connectivity index (χ1n) is 9.58. The summed E-state index contributed by atoms with van der Waals surface area (Å²) in [6.07, 6.45) is 0.552. The summed E-state index contributed by atoms with van der Waals surface area (Å²) in [4.78, 5) is 17.2. The molecule has 0 fully saturated rings. The molecular formula is C23H32N2O. The zero-order valence-corrected chi connectivity index (χ0v) is 16.6. The first kappa shape index (κ1) is 20.2. The van der Waals surface area contributed by atoms with E-state index in [1.807, 2.05) is 29.2 Å². The van der Waals surface area contributed by atoms with E-state index >= 15 is 0 Å². The second kappa shape index (κ2) is 10.1. The van der Waals surface area contributed by atoms with Crippen molar-refractivity contribution in [1.82, 2.24) is 9.80 Å². The van der Waals surface area contributed by atoms with Gasteiger partial charge in [-0.3, -0.25) is 9.69 Å². The van der Waals surface area contributed by atoms with Crippen LogP contribution in [0.1, 0.15) is 45.2 Å². The van der Waals surface area contributed by atoms with E-state index in [0.717, 1.165) is 13.1 Å². The molecule has 3 heteroatoms. The van der Waals surface area contributed by atoms with Crippen LogP contribution >= 0.6 is 0 Å². The molecule has 2 aromatic carbocycles. The van der Waals surface area contributed by atoms with E-state index in [-0.39, 0.29) is 11.9 Å². The highest BCUT2D eigenvalue weighted by atomic mass is 16.2. The van der Waals surface area contributed by atoms with Crippen molar-refractivity contribution >= 4 is 5.91 Å². The maximum Gasteiger partial charge on any atom is 0.224 e. The molecule has 0 saturated heterocycles. The van der Waals surface area contributed by atoms with Gasteiger partial charge in [-0.15, -0.1) is 0 Å².